The molecule has 0 aliphatic carbocycles. The van der Waals surface area contributed by atoms with Crippen LogP contribution in [0.5, 0.6) is 0 Å². The second-order valence-electron chi connectivity index (χ2n) is 3.42. The molecule has 0 fully saturated rings. The van der Waals surface area contributed by atoms with Crippen molar-refractivity contribution in [3.8, 4) is 11.6 Å². The molecule has 126 valence electrons. The summed E-state index contributed by atoms with van der Waals surface area (Å²) in [4.78, 5) is 46.1. The number of hydrogen-bond donors (Lipinski definition) is 0. The molecule has 0 aromatic carbocycles. The Kier molecular flexibility index (Phi) is 3.77. The number of nitro groups is 4. The summed E-state index contributed by atoms with van der Waals surface area (Å²) in [5.41, 5.74) is 5.22. The lowest BCUT2D eigenvalue weighted by Gasteiger charge is -2.02. The van der Waals surface area contributed by atoms with Gasteiger partial charge in [-0.15, -0.1) is 4.79 Å². The molecule has 2 aromatic rings. The molecule has 0 unspecified atom stereocenters. The Hall–Kier alpha value is -4.52. The third-order valence-corrected chi connectivity index (χ3v) is 2.00. The molecule has 0 saturated carbocycles. The van der Waals surface area contributed by atoms with E-state index in [0.717, 1.165) is 0 Å². The molecule has 0 amide bonds. The van der Waals surface area contributed by atoms with E-state index in [-0.39, 0.29) is 9.58 Å². The maximum absolute atomic E-state index is 10.6. The van der Waals surface area contributed by atoms with Gasteiger partial charge in [0.1, 0.15) is 5.10 Å². The smallest absolute Gasteiger partial charge is 0.392 e. The van der Waals surface area contributed by atoms with Crippen LogP contribution >= 0.6 is 0 Å². The van der Waals surface area contributed by atoms with Crippen molar-refractivity contribution in [3.63, 3.8) is 0 Å². The van der Waals surface area contributed by atoms with Crippen molar-refractivity contribution >= 4 is 11.9 Å². The zero-order valence-corrected chi connectivity index (χ0v) is 10.6. The average molecular weight is 344 g/mol. The molecular formula is C4N12O8-2. The highest BCUT2D eigenvalue weighted by Crippen LogP contribution is 2.23. The lowest BCUT2D eigenvalue weighted by atomic mass is 10.6. The molecule has 20 heteroatoms. The third-order valence-electron chi connectivity index (χ3n) is 2.00. The van der Waals surface area contributed by atoms with Crippen LogP contribution in [0.4, 0.5) is 11.9 Å². The summed E-state index contributed by atoms with van der Waals surface area (Å²) in [5, 5.41) is 45.5. The van der Waals surface area contributed by atoms with E-state index < -0.39 is 43.5 Å². The van der Waals surface area contributed by atoms with E-state index in [1.807, 2.05) is 0 Å². The van der Waals surface area contributed by atoms with Crippen molar-refractivity contribution in [1.29, 1.82) is 0 Å². The van der Waals surface area contributed by atoms with Gasteiger partial charge in [-0.3, -0.25) is 0 Å². The molecule has 24 heavy (non-hydrogen) atoms. The number of aromatic nitrogens is 6. The molecule has 2 aromatic heterocycles. The first kappa shape index (κ1) is 15.9. The van der Waals surface area contributed by atoms with E-state index >= 15 is 0 Å². The lowest BCUT2D eigenvalue weighted by Crippen LogP contribution is -2.09. The molecule has 20 nitrogen and oxygen atoms in total. The van der Waals surface area contributed by atoms with Crippen LogP contribution in [0.25, 0.3) is 22.7 Å². The Labute approximate surface area is 126 Å². The fourth-order valence-electron chi connectivity index (χ4n) is 1.28. The van der Waals surface area contributed by atoms with Gasteiger partial charge in [-0.05, 0) is 30.5 Å². The zero-order valence-electron chi connectivity index (χ0n) is 10.6. The van der Waals surface area contributed by atoms with Crippen LogP contribution in [0, 0.1) is 40.5 Å². The maximum Gasteiger partial charge on any atom is 0.514 e. The average Bonchev–Trinajstić information content (AvgIpc) is 3.01. The van der Waals surface area contributed by atoms with Gasteiger partial charge in [-0.1, -0.05) is 10.5 Å². The van der Waals surface area contributed by atoms with E-state index in [1.165, 1.54) is 0 Å². The Morgan fingerprint density at radius 3 is 1.29 bits per heavy atom. The van der Waals surface area contributed by atoms with E-state index in [1.54, 1.807) is 0 Å². The SMILES string of the molecule is O=[N+]([O-])[N-]n1nc([N+](=O)[O-])nc1-c1nc([N+](=O)[O-])nn1[N-][N+](=O)[O-]. The molecular weight excluding hydrogens is 344 g/mol. The molecule has 0 radical (unpaired) electrons. The van der Waals surface area contributed by atoms with Crippen LogP contribution in [0.15, 0.2) is 0 Å². The highest BCUT2D eigenvalue weighted by molar-refractivity contribution is 5.47. The van der Waals surface area contributed by atoms with Gasteiger partial charge in [0.15, 0.2) is 0 Å². The van der Waals surface area contributed by atoms with Crippen LogP contribution < -0.4 is 0 Å². The van der Waals surface area contributed by atoms with Crippen LogP contribution in [0.2, 0.25) is 0 Å². The Morgan fingerprint density at radius 2 is 1.04 bits per heavy atom. The molecule has 0 saturated heterocycles. The molecule has 2 heterocycles. The summed E-state index contributed by atoms with van der Waals surface area (Å²) in [6, 6.07) is 0. The third kappa shape index (κ3) is 3.05. The van der Waals surface area contributed by atoms with E-state index in [2.05, 4.69) is 31.2 Å². The first-order valence-electron chi connectivity index (χ1n) is 5.15. The Balaban J connectivity index is 2.64. The van der Waals surface area contributed by atoms with Crippen LogP contribution in [-0.4, -0.2) is 49.7 Å². The van der Waals surface area contributed by atoms with Crippen molar-refractivity contribution in [3.05, 3.63) is 51.5 Å². The van der Waals surface area contributed by atoms with Crippen molar-refractivity contribution in [2.75, 3.05) is 0 Å². The lowest BCUT2D eigenvalue weighted by molar-refractivity contribution is -0.435. The summed E-state index contributed by atoms with van der Waals surface area (Å²) in [5.74, 6) is -4.20. The predicted molar refractivity (Wildman–Crippen MR) is 63.8 cm³/mol. The number of rotatable bonds is 7. The topological polar surface area (TPSA) is 262 Å². The van der Waals surface area contributed by atoms with Crippen molar-refractivity contribution in [1.82, 2.24) is 29.7 Å². The van der Waals surface area contributed by atoms with E-state index in [0.29, 0.717) is 0 Å². The predicted octanol–water partition coefficient (Wildman–Crippen LogP) is -0.990. The van der Waals surface area contributed by atoms with Gasteiger partial charge < -0.3 is 40.5 Å². The molecule has 2 rings (SSSR count). The fourth-order valence-corrected chi connectivity index (χ4v) is 1.28. The Bertz CT molecular complexity index is 779. The molecule has 0 N–H and O–H groups in total. The summed E-state index contributed by atoms with van der Waals surface area (Å²) in [6.45, 7) is 0. The van der Waals surface area contributed by atoms with Gasteiger partial charge in [0.2, 0.25) is 0 Å². The van der Waals surface area contributed by atoms with Crippen LogP contribution in [0.1, 0.15) is 0 Å². The summed E-state index contributed by atoms with van der Waals surface area (Å²) < 4.78 is 0. The Morgan fingerprint density at radius 1 is 0.708 bits per heavy atom. The highest BCUT2D eigenvalue weighted by Gasteiger charge is 2.37. The molecule has 0 aliphatic heterocycles. The fraction of sp³-hybridized carbons (Fsp3) is 0. The normalized spacial score (nSPS) is 10.2. The zero-order chi connectivity index (χ0) is 18.0. The van der Waals surface area contributed by atoms with Gasteiger partial charge in [0, 0.05) is 4.79 Å². The van der Waals surface area contributed by atoms with Gasteiger partial charge in [0.05, 0.1) is 0 Å². The standard InChI is InChI=1S/C4N12O8/c17-13(18)3-5-1(11(7-3)9-15(21)22)2-6-4(14(19)20)8-12(2)10-16(23)24/q-2. The van der Waals surface area contributed by atoms with Crippen molar-refractivity contribution in [2.45, 2.75) is 0 Å². The first-order valence-corrected chi connectivity index (χ1v) is 5.15. The quantitative estimate of drug-likeness (QED) is 0.432. The maximum atomic E-state index is 10.6. The second kappa shape index (κ2) is 5.70. The van der Waals surface area contributed by atoms with Gasteiger partial charge in [-0.25, -0.2) is 0 Å². The van der Waals surface area contributed by atoms with Gasteiger partial charge in [-0.2, -0.15) is 5.10 Å². The minimum atomic E-state index is -1.32. The molecule has 0 atom stereocenters. The van der Waals surface area contributed by atoms with Gasteiger partial charge in [0.25, 0.3) is 0 Å². The van der Waals surface area contributed by atoms with Gasteiger partial charge >= 0.3 is 23.5 Å². The summed E-state index contributed by atoms with van der Waals surface area (Å²) in [6.07, 6.45) is 0. The first-order chi connectivity index (χ1) is 11.2. The van der Waals surface area contributed by atoms with E-state index in [4.69, 9.17) is 0 Å². The molecule has 0 bridgehead atoms. The summed E-state index contributed by atoms with van der Waals surface area (Å²) in [7, 11) is 0. The number of nitrogens with zero attached hydrogens (tertiary/aromatic N) is 12. The second-order valence-corrected chi connectivity index (χ2v) is 3.42. The van der Waals surface area contributed by atoms with Crippen molar-refractivity contribution in [2.24, 2.45) is 0 Å². The number of hydrogen-bond acceptors (Lipinski definition) is 12. The van der Waals surface area contributed by atoms with Crippen molar-refractivity contribution < 1.29 is 19.9 Å². The monoisotopic (exact) mass is 344 g/mol. The minimum absolute atomic E-state index is 0.0160. The minimum Gasteiger partial charge on any atom is -0.392 e. The largest absolute Gasteiger partial charge is 0.514 e. The van der Waals surface area contributed by atoms with Crippen LogP contribution in [0.3, 0.4) is 0 Å². The van der Waals surface area contributed by atoms with Crippen LogP contribution in [-0.2, 0) is 0 Å². The molecule has 0 spiro atoms. The van der Waals surface area contributed by atoms with E-state index in [9.17, 15) is 40.5 Å². The highest BCUT2D eigenvalue weighted by atomic mass is 16.7. The summed E-state index contributed by atoms with van der Waals surface area (Å²) >= 11 is 0. The molecule has 0 aliphatic rings.